The topological polar surface area (TPSA) is 150 Å². The third-order valence-electron chi connectivity index (χ3n) is 3.13. The number of hydrogen-bond acceptors (Lipinski definition) is 9. The van der Waals surface area contributed by atoms with Crippen molar-refractivity contribution < 1.29 is 48.1 Å². The molecule has 0 unspecified atom stereocenters. The summed E-state index contributed by atoms with van der Waals surface area (Å²) >= 11 is 0. The minimum Gasteiger partial charge on any atom is -0.481 e. The average molecular weight is 390 g/mol. The summed E-state index contributed by atoms with van der Waals surface area (Å²) in [6, 6.07) is 0. The number of ketones is 2. The van der Waals surface area contributed by atoms with Gasteiger partial charge in [-0.05, 0) is 25.7 Å². The molecule has 0 amide bonds. The highest BCUT2D eigenvalue weighted by molar-refractivity contribution is 6.33. The first kappa shape index (κ1) is 26.4. The molecule has 0 aromatic carbocycles. The van der Waals surface area contributed by atoms with E-state index in [1.54, 1.807) is 0 Å². The lowest BCUT2D eigenvalue weighted by atomic mass is 10.1. The van der Waals surface area contributed by atoms with Gasteiger partial charge in [-0.1, -0.05) is 0 Å². The van der Waals surface area contributed by atoms with Crippen LogP contribution in [0, 0.1) is 0 Å². The van der Waals surface area contributed by atoms with E-state index in [1.165, 1.54) is 7.11 Å². The Morgan fingerprint density at radius 2 is 0.963 bits per heavy atom. The van der Waals surface area contributed by atoms with Crippen LogP contribution >= 0.6 is 0 Å². The molecule has 0 bridgehead atoms. The van der Waals surface area contributed by atoms with Crippen LogP contribution in [0.5, 0.6) is 0 Å². The minimum atomic E-state index is -0.898. The van der Waals surface area contributed by atoms with Crippen LogP contribution in [0.4, 0.5) is 0 Å². The van der Waals surface area contributed by atoms with E-state index in [9.17, 15) is 28.8 Å². The van der Waals surface area contributed by atoms with Gasteiger partial charge in [-0.2, -0.15) is 0 Å². The number of unbranched alkanes of at least 4 members (excludes halogenated alkanes) is 2. The normalized spacial score (nSPS) is 9.30. The Morgan fingerprint density at radius 1 is 0.593 bits per heavy atom. The summed E-state index contributed by atoms with van der Waals surface area (Å²) in [5, 5.41) is 8.26. The first-order valence-corrected chi connectivity index (χ1v) is 8.20. The molecule has 0 saturated carbocycles. The molecule has 1 N–H and O–H groups in total. The number of carbonyl (C=O) groups is 6. The maximum absolute atomic E-state index is 10.9. The van der Waals surface area contributed by atoms with E-state index in [1.807, 2.05) is 0 Å². The monoisotopic (exact) mass is 390 g/mol. The Hall–Kier alpha value is -2.78. The zero-order valence-corrected chi connectivity index (χ0v) is 15.8. The van der Waals surface area contributed by atoms with E-state index in [0.29, 0.717) is 25.7 Å². The summed E-state index contributed by atoms with van der Waals surface area (Å²) in [7, 11) is 3.61. The SMILES string of the molecule is COC(=O)C(=O)CCCCC(=O)O.COC(=O)CCCCC(=O)C(=O)OC. The van der Waals surface area contributed by atoms with Gasteiger partial charge in [-0.15, -0.1) is 0 Å². The van der Waals surface area contributed by atoms with E-state index >= 15 is 0 Å². The number of aliphatic carboxylic acids is 1. The van der Waals surface area contributed by atoms with Gasteiger partial charge in [-0.25, -0.2) is 9.59 Å². The molecule has 0 radical (unpaired) electrons. The predicted octanol–water partition coefficient (Wildman–Crippen LogP) is 0.835. The van der Waals surface area contributed by atoms with Gasteiger partial charge in [0.2, 0.25) is 11.6 Å². The van der Waals surface area contributed by atoms with Crippen LogP contribution < -0.4 is 0 Å². The summed E-state index contributed by atoms with van der Waals surface area (Å²) < 4.78 is 12.8. The van der Waals surface area contributed by atoms with Crippen LogP contribution in [0.25, 0.3) is 0 Å². The molecule has 10 nitrogen and oxygen atoms in total. The molecule has 0 aromatic rings. The lowest BCUT2D eigenvalue weighted by Gasteiger charge is -1.99. The van der Waals surface area contributed by atoms with Crippen LogP contribution in [-0.4, -0.2) is 61.9 Å². The average Bonchev–Trinajstić information content (AvgIpc) is 2.66. The molecule has 0 heterocycles. The van der Waals surface area contributed by atoms with Crippen molar-refractivity contribution in [3.8, 4) is 0 Å². The van der Waals surface area contributed by atoms with Crippen molar-refractivity contribution in [2.75, 3.05) is 21.3 Å². The molecule has 0 aromatic heterocycles. The summed E-state index contributed by atoms with van der Waals surface area (Å²) in [4.78, 5) is 63.6. The van der Waals surface area contributed by atoms with Gasteiger partial charge in [0.1, 0.15) is 0 Å². The number of hydrogen-bond donors (Lipinski definition) is 1. The number of carbonyl (C=O) groups excluding carboxylic acids is 5. The van der Waals surface area contributed by atoms with Crippen molar-refractivity contribution in [1.29, 1.82) is 0 Å². The predicted molar refractivity (Wildman–Crippen MR) is 90.6 cm³/mol. The fraction of sp³-hybridized carbons (Fsp3) is 0.647. The molecule has 0 aliphatic rings. The lowest BCUT2D eigenvalue weighted by Crippen LogP contribution is -2.15. The first-order valence-electron chi connectivity index (χ1n) is 8.20. The third kappa shape index (κ3) is 16.4. The Bertz CT molecular complexity index is 524. The van der Waals surface area contributed by atoms with Crippen LogP contribution in [0.1, 0.15) is 51.4 Å². The Balaban J connectivity index is 0. The third-order valence-corrected chi connectivity index (χ3v) is 3.13. The number of Topliss-reactive ketones (excluding diaryl/α,β-unsaturated/α-hetero) is 2. The summed E-state index contributed by atoms with van der Waals surface area (Å²) in [6.45, 7) is 0. The summed E-state index contributed by atoms with van der Waals surface area (Å²) in [5.74, 6) is -4.07. The Labute approximate surface area is 157 Å². The van der Waals surface area contributed by atoms with Crippen LogP contribution in [0.15, 0.2) is 0 Å². The summed E-state index contributed by atoms with van der Waals surface area (Å²) in [6.07, 6.45) is 2.29. The van der Waals surface area contributed by atoms with E-state index in [4.69, 9.17) is 5.11 Å². The van der Waals surface area contributed by atoms with Crippen molar-refractivity contribution >= 4 is 35.4 Å². The molecule has 27 heavy (non-hydrogen) atoms. The maximum Gasteiger partial charge on any atom is 0.374 e. The van der Waals surface area contributed by atoms with Gasteiger partial charge >= 0.3 is 23.9 Å². The maximum atomic E-state index is 10.9. The van der Waals surface area contributed by atoms with Crippen molar-refractivity contribution in [2.45, 2.75) is 51.4 Å². The van der Waals surface area contributed by atoms with Gasteiger partial charge in [0, 0.05) is 25.7 Å². The van der Waals surface area contributed by atoms with Gasteiger partial charge in [0.25, 0.3) is 0 Å². The molecule has 0 spiro atoms. The highest BCUT2D eigenvalue weighted by Crippen LogP contribution is 2.02. The van der Waals surface area contributed by atoms with Crippen LogP contribution in [0.3, 0.4) is 0 Å². The molecule has 154 valence electrons. The van der Waals surface area contributed by atoms with Crippen molar-refractivity contribution in [3.05, 3.63) is 0 Å². The highest BCUT2D eigenvalue weighted by atomic mass is 16.5. The van der Waals surface area contributed by atoms with Crippen molar-refractivity contribution in [3.63, 3.8) is 0 Å². The van der Waals surface area contributed by atoms with Crippen LogP contribution in [-0.2, 0) is 43.0 Å². The van der Waals surface area contributed by atoms with Crippen molar-refractivity contribution in [2.24, 2.45) is 0 Å². The number of methoxy groups -OCH3 is 3. The minimum absolute atomic E-state index is 0.0223. The van der Waals surface area contributed by atoms with Crippen molar-refractivity contribution in [1.82, 2.24) is 0 Å². The number of rotatable bonds is 12. The second-order valence-electron chi connectivity index (χ2n) is 5.21. The first-order chi connectivity index (χ1) is 12.7. The molecule has 0 saturated heterocycles. The largest absolute Gasteiger partial charge is 0.481 e. The zero-order chi connectivity index (χ0) is 21.2. The summed E-state index contributed by atoms with van der Waals surface area (Å²) in [5.41, 5.74) is 0. The molecule has 0 aliphatic carbocycles. The molecule has 10 heteroatoms. The fourth-order valence-corrected chi connectivity index (χ4v) is 1.65. The quantitative estimate of drug-likeness (QED) is 0.220. The highest BCUT2D eigenvalue weighted by Gasteiger charge is 2.13. The molecule has 0 rings (SSSR count). The fourth-order valence-electron chi connectivity index (χ4n) is 1.65. The smallest absolute Gasteiger partial charge is 0.374 e. The van der Waals surface area contributed by atoms with Gasteiger partial charge < -0.3 is 19.3 Å². The standard InChI is InChI=1S/C9H14O5.C8H12O5/c1-13-8(11)6-4-3-5-7(10)9(12)14-2;1-13-8(12)6(9)4-2-3-5-7(10)11/h3-6H2,1-2H3;2-5H2,1H3,(H,10,11). The number of carboxylic acids is 1. The Morgan fingerprint density at radius 3 is 1.30 bits per heavy atom. The van der Waals surface area contributed by atoms with Gasteiger partial charge in [0.15, 0.2) is 0 Å². The molecule has 0 atom stereocenters. The van der Waals surface area contributed by atoms with E-state index in [0.717, 1.165) is 14.2 Å². The number of carboxylic acid groups (broad SMARTS) is 1. The lowest BCUT2D eigenvalue weighted by molar-refractivity contribution is -0.151. The zero-order valence-electron chi connectivity index (χ0n) is 15.8. The second kappa shape index (κ2) is 16.7. The van der Waals surface area contributed by atoms with E-state index < -0.39 is 29.5 Å². The Kier molecular flexibility index (Phi) is 16.3. The number of esters is 3. The van der Waals surface area contributed by atoms with Crippen LogP contribution in [0.2, 0.25) is 0 Å². The van der Waals surface area contributed by atoms with E-state index in [2.05, 4.69) is 14.2 Å². The number of ether oxygens (including phenoxy) is 3. The van der Waals surface area contributed by atoms with E-state index in [-0.39, 0.29) is 31.7 Å². The molecular weight excluding hydrogens is 364 g/mol. The molecular formula is C17H26O10. The molecule has 0 aliphatic heterocycles. The van der Waals surface area contributed by atoms with Gasteiger partial charge in [0.05, 0.1) is 21.3 Å². The second-order valence-corrected chi connectivity index (χ2v) is 5.21. The molecule has 0 fully saturated rings. The van der Waals surface area contributed by atoms with Gasteiger partial charge in [-0.3, -0.25) is 19.2 Å².